The maximum absolute atomic E-state index is 14.2. The monoisotopic (exact) mass is 354 g/mol. The maximum atomic E-state index is 14.2. The number of amides is 2. The largest absolute Gasteiger partial charge is 0.394 e. The van der Waals surface area contributed by atoms with E-state index in [2.05, 4.69) is 4.99 Å². The molecule has 1 heterocycles. The minimum absolute atomic E-state index is 0.0791. The molecule has 1 unspecified atom stereocenters. The molecule has 3 rings (SSSR count). The van der Waals surface area contributed by atoms with E-state index in [-0.39, 0.29) is 18.3 Å². The van der Waals surface area contributed by atoms with E-state index >= 15 is 0 Å². The average Bonchev–Trinajstić information content (AvgIpc) is 2.66. The van der Waals surface area contributed by atoms with E-state index in [1.165, 1.54) is 24.4 Å². The van der Waals surface area contributed by atoms with Crippen molar-refractivity contribution in [3.8, 4) is 0 Å². The molecule has 0 fully saturated rings. The van der Waals surface area contributed by atoms with Crippen LogP contribution in [0.1, 0.15) is 35.2 Å². The number of fused-ring (bicyclic) bond motifs is 1. The summed E-state index contributed by atoms with van der Waals surface area (Å²) in [5, 5.41) is 9.31. The predicted octanol–water partition coefficient (Wildman–Crippen LogP) is 2.94. The van der Waals surface area contributed by atoms with E-state index in [4.69, 9.17) is 0 Å². The topological polar surface area (TPSA) is 70.0 Å². The summed E-state index contributed by atoms with van der Waals surface area (Å²) in [5.74, 6) is -2.58. The molecule has 1 aliphatic rings. The van der Waals surface area contributed by atoms with Crippen LogP contribution >= 0.6 is 0 Å². The van der Waals surface area contributed by atoms with E-state index < -0.39 is 23.5 Å². The van der Waals surface area contributed by atoms with Gasteiger partial charge in [-0.1, -0.05) is 37.3 Å². The van der Waals surface area contributed by atoms with Crippen LogP contribution in [0.15, 0.2) is 53.5 Å². The average molecular weight is 354 g/mol. The van der Waals surface area contributed by atoms with Crippen molar-refractivity contribution in [3.05, 3.63) is 65.5 Å². The second-order valence-corrected chi connectivity index (χ2v) is 6.04. The summed E-state index contributed by atoms with van der Waals surface area (Å²) in [6.45, 7) is 1.75. The fourth-order valence-electron chi connectivity index (χ4n) is 2.95. The van der Waals surface area contributed by atoms with Crippen molar-refractivity contribution in [2.45, 2.75) is 25.3 Å². The molecule has 134 valence electrons. The molecule has 0 bridgehead atoms. The van der Waals surface area contributed by atoms with Gasteiger partial charge in [0.25, 0.3) is 5.91 Å². The molecule has 0 radical (unpaired) electrons. The van der Waals surface area contributed by atoms with Crippen LogP contribution in [0, 0.1) is 5.82 Å². The van der Waals surface area contributed by atoms with Crippen molar-refractivity contribution in [2.75, 3.05) is 11.5 Å². The third-order valence-electron chi connectivity index (χ3n) is 4.44. The number of hydrogen-bond acceptors (Lipinski definition) is 4. The van der Waals surface area contributed by atoms with Gasteiger partial charge in [0.15, 0.2) is 0 Å². The summed E-state index contributed by atoms with van der Waals surface area (Å²) in [4.78, 5) is 31.0. The molecule has 2 atom stereocenters. The summed E-state index contributed by atoms with van der Waals surface area (Å²) in [5.41, 5.74) is 0.792. The van der Waals surface area contributed by atoms with Gasteiger partial charge in [-0.25, -0.2) is 9.29 Å². The number of anilines is 1. The molecule has 6 heteroatoms. The highest BCUT2D eigenvalue weighted by atomic mass is 19.1. The quantitative estimate of drug-likeness (QED) is 0.663. The van der Waals surface area contributed by atoms with E-state index in [1.807, 2.05) is 6.92 Å². The van der Waals surface area contributed by atoms with Crippen molar-refractivity contribution < 1.29 is 19.1 Å². The summed E-state index contributed by atoms with van der Waals surface area (Å²) in [6, 6.07) is 12.1. The first-order chi connectivity index (χ1) is 12.6. The van der Waals surface area contributed by atoms with Crippen molar-refractivity contribution in [2.24, 2.45) is 4.99 Å². The molecule has 1 N–H and O–H groups in total. The van der Waals surface area contributed by atoms with Gasteiger partial charge in [-0.2, -0.15) is 0 Å². The molecule has 2 aromatic rings. The Labute approximate surface area is 150 Å². The molecule has 5 nitrogen and oxygen atoms in total. The third-order valence-corrected chi connectivity index (χ3v) is 4.44. The van der Waals surface area contributed by atoms with Gasteiger partial charge >= 0.3 is 0 Å². The molecule has 0 aliphatic carbocycles. The standard InChI is InChI=1S/C20H19FN2O3/c1-2-13(12-24)22-11-16-14-7-3-4-8-15(14)19(25)23(20(16)26)18-10-6-5-9-17(18)21/h3-11,13,16,24H,2,12H2,1H3/t13-,16?/m1/s1. The molecule has 0 spiro atoms. The lowest BCUT2D eigenvalue weighted by atomic mass is 9.88. The third kappa shape index (κ3) is 3.15. The number of aliphatic hydroxyl groups is 1. The highest BCUT2D eigenvalue weighted by Crippen LogP contribution is 2.33. The molecule has 26 heavy (non-hydrogen) atoms. The van der Waals surface area contributed by atoms with Crippen LogP contribution in [0.5, 0.6) is 0 Å². The van der Waals surface area contributed by atoms with Gasteiger partial charge in [-0.15, -0.1) is 0 Å². The SMILES string of the molecule is CC[C@H](CO)N=CC1C(=O)N(c2ccccc2F)C(=O)c2ccccc21. The lowest BCUT2D eigenvalue weighted by molar-refractivity contribution is -0.118. The van der Waals surface area contributed by atoms with Gasteiger partial charge in [0.1, 0.15) is 5.82 Å². The second-order valence-electron chi connectivity index (χ2n) is 6.04. The van der Waals surface area contributed by atoms with Crippen LogP contribution in [0.25, 0.3) is 0 Å². The number of imide groups is 1. The Hall–Kier alpha value is -2.86. The highest BCUT2D eigenvalue weighted by molar-refractivity contribution is 6.29. The summed E-state index contributed by atoms with van der Waals surface area (Å²) in [6.07, 6.45) is 2.07. The van der Waals surface area contributed by atoms with Gasteiger partial charge in [0.05, 0.1) is 24.3 Å². The number of carbonyl (C=O) groups is 2. The van der Waals surface area contributed by atoms with Crippen molar-refractivity contribution >= 4 is 23.7 Å². The fraction of sp³-hybridized carbons (Fsp3) is 0.250. The van der Waals surface area contributed by atoms with E-state index in [0.29, 0.717) is 17.5 Å². The predicted molar refractivity (Wildman–Crippen MR) is 97.1 cm³/mol. The fourth-order valence-corrected chi connectivity index (χ4v) is 2.95. The number of nitrogens with zero attached hydrogens (tertiary/aromatic N) is 2. The van der Waals surface area contributed by atoms with Crippen LogP contribution in [0.4, 0.5) is 10.1 Å². The first kappa shape index (κ1) is 17.9. The normalized spacial score (nSPS) is 18.3. The van der Waals surface area contributed by atoms with E-state index in [1.54, 1.807) is 30.3 Å². The van der Waals surface area contributed by atoms with Crippen molar-refractivity contribution in [3.63, 3.8) is 0 Å². The minimum Gasteiger partial charge on any atom is -0.394 e. The number of carbonyl (C=O) groups excluding carboxylic acids is 2. The zero-order valence-electron chi connectivity index (χ0n) is 14.3. The first-order valence-electron chi connectivity index (χ1n) is 8.44. The van der Waals surface area contributed by atoms with Gasteiger partial charge in [0.2, 0.25) is 5.91 Å². The van der Waals surface area contributed by atoms with Crippen molar-refractivity contribution in [1.29, 1.82) is 0 Å². The van der Waals surface area contributed by atoms with Crippen LogP contribution in [0.2, 0.25) is 0 Å². The van der Waals surface area contributed by atoms with Crippen LogP contribution in [-0.4, -0.2) is 35.8 Å². The summed E-state index contributed by atoms with van der Waals surface area (Å²) in [7, 11) is 0. The number of rotatable bonds is 5. The second kappa shape index (κ2) is 7.58. The molecular formula is C20H19FN2O3. The Balaban J connectivity index is 2.10. The van der Waals surface area contributed by atoms with Crippen LogP contribution in [-0.2, 0) is 4.79 Å². The molecular weight excluding hydrogens is 335 g/mol. The van der Waals surface area contributed by atoms with Crippen LogP contribution in [0.3, 0.4) is 0 Å². The Morgan fingerprint density at radius 2 is 1.88 bits per heavy atom. The number of aliphatic imine (C=N–C) groups is 1. The van der Waals surface area contributed by atoms with E-state index in [9.17, 15) is 19.1 Å². The van der Waals surface area contributed by atoms with Crippen molar-refractivity contribution in [1.82, 2.24) is 0 Å². The van der Waals surface area contributed by atoms with Gasteiger partial charge in [-0.3, -0.25) is 14.6 Å². The Morgan fingerprint density at radius 3 is 2.58 bits per heavy atom. The summed E-state index contributed by atoms with van der Waals surface area (Å²) < 4.78 is 14.2. The zero-order chi connectivity index (χ0) is 18.7. The lowest BCUT2D eigenvalue weighted by Gasteiger charge is -2.31. The van der Waals surface area contributed by atoms with Gasteiger partial charge in [-0.05, 0) is 30.2 Å². The number of benzene rings is 2. The smallest absolute Gasteiger partial charge is 0.265 e. The van der Waals surface area contributed by atoms with E-state index in [0.717, 1.165) is 4.90 Å². The first-order valence-corrected chi connectivity index (χ1v) is 8.44. The summed E-state index contributed by atoms with van der Waals surface area (Å²) >= 11 is 0. The molecule has 0 saturated heterocycles. The maximum Gasteiger partial charge on any atom is 0.265 e. The molecule has 2 amide bonds. The van der Waals surface area contributed by atoms with Crippen LogP contribution < -0.4 is 4.90 Å². The number of hydrogen-bond donors (Lipinski definition) is 1. The molecule has 0 aromatic heterocycles. The molecule has 0 saturated carbocycles. The van der Waals surface area contributed by atoms with Gasteiger partial charge < -0.3 is 5.11 Å². The number of halogens is 1. The Morgan fingerprint density at radius 1 is 1.19 bits per heavy atom. The molecule has 2 aromatic carbocycles. The zero-order valence-corrected chi connectivity index (χ0v) is 14.3. The Kier molecular flexibility index (Phi) is 5.23. The number of aliphatic hydroxyl groups excluding tert-OH is 1. The minimum atomic E-state index is -0.816. The van der Waals surface area contributed by atoms with Gasteiger partial charge in [0, 0.05) is 11.8 Å². The molecule has 1 aliphatic heterocycles. The number of para-hydroxylation sites is 1. The Bertz CT molecular complexity index is 862. The highest BCUT2D eigenvalue weighted by Gasteiger charge is 2.39. The lowest BCUT2D eigenvalue weighted by Crippen LogP contribution is -2.46.